The topological polar surface area (TPSA) is 26.3 Å². The van der Waals surface area contributed by atoms with Crippen LogP contribution in [0, 0.1) is 0 Å². The number of carbonyl (C=O) groups excluding carboxylic acids is 1. The van der Waals surface area contributed by atoms with E-state index in [4.69, 9.17) is 4.74 Å². The smallest absolute Gasteiger partial charge is 0.157 e. The van der Waals surface area contributed by atoms with Crippen LogP contribution in [0.25, 0.3) is 0 Å². The Bertz CT molecular complexity index is 357. The Labute approximate surface area is 104 Å². The summed E-state index contributed by atoms with van der Waals surface area (Å²) in [6.45, 7) is 11.6. The fourth-order valence-electron chi connectivity index (χ4n) is 1.27. The lowest BCUT2D eigenvalue weighted by Crippen LogP contribution is -2.00. The second-order valence-corrected chi connectivity index (χ2v) is 3.29. The molecule has 0 fully saturated rings. The van der Waals surface area contributed by atoms with Crippen LogP contribution in [0.15, 0.2) is 60.4 Å². The third-order valence-electron chi connectivity index (χ3n) is 2.13. The first kappa shape index (κ1) is 15.2. The Kier molecular flexibility index (Phi) is 8.39. The summed E-state index contributed by atoms with van der Waals surface area (Å²) in [5, 5.41) is 0. The van der Waals surface area contributed by atoms with E-state index in [0.29, 0.717) is 12.0 Å². The van der Waals surface area contributed by atoms with Gasteiger partial charge in [-0.05, 0) is 25.0 Å². The zero-order chi connectivity index (χ0) is 13.1. The van der Waals surface area contributed by atoms with Crippen molar-refractivity contribution in [1.29, 1.82) is 0 Å². The summed E-state index contributed by atoms with van der Waals surface area (Å²) >= 11 is 0. The van der Waals surface area contributed by atoms with Gasteiger partial charge in [-0.1, -0.05) is 44.4 Å². The molecule has 0 aliphatic rings. The first-order valence-corrected chi connectivity index (χ1v) is 5.61. The molecule has 0 spiro atoms. The zero-order valence-electron chi connectivity index (χ0n) is 10.6. The van der Waals surface area contributed by atoms with Crippen LogP contribution in [0.5, 0.6) is 0 Å². The lowest BCUT2D eigenvalue weighted by Gasteiger charge is -2.12. The van der Waals surface area contributed by atoms with Gasteiger partial charge in [-0.2, -0.15) is 0 Å². The third-order valence-corrected chi connectivity index (χ3v) is 2.13. The predicted molar refractivity (Wildman–Crippen MR) is 72.6 cm³/mol. The molecule has 17 heavy (non-hydrogen) atoms. The number of hydrogen-bond donors (Lipinski definition) is 0. The lowest BCUT2D eigenvalue weighted by atomic mass is 10.0. The van der Waals surface area contributed by atoms with E-state index in [2.05, 4.69) is 13.2 Å². The van der Waals surface area contributed by atoms with Crippen LogP contribution in [0.3, 0.4) is 0 Å². The minimum Gasteiger partial charge on any atom is -0.486 e. The fourth-order valence-corrected chi connectivity index (χ4v) is 1.27. The van der Waals surface area contributed by atoms with E-state index < -0.39 is 0 Å². The van der Waals surface area contributed by atoms with E-state index in [1.165, 1.54) is 0 Å². The van der Waals surface area contributed by atoms with Crippen molar-refractivity contribution in [2.45, 2.75) is 20.3 Å². The highest BCUT2D eigenvalue weighted by atomic mass is 16.5. The standard InChI is InChI=1S/C15H20O2/c1-5-8-10-14(7-3)13(4)15(9-6-2)17-12-11-16/h5-6,8-11H,2,4,7,12H2,1,3H3/b8-5-,14-10+,15-9+. The number of allylic oxidation sites excluding steroid dienone is 6. The second-order valence-electron chi connectivity index (χ2n) is 3.29. The third kappa shape index (κ3) is 5.71. The molecule has 2 nitrogen and oxygen atoms in total. The van der Waals surface area contributed by atoms with Crippen LogP contribution < -0.4 is 0 Å². The van der Waals surface area contributed by atoms with Gasteiger partial charge in [0.05, 0.1) is 0 Å². The van der Waals surface area contributed by atoms with Crippen molar-refractivity contribution in [2.75, 3.05) is 6.61 Å². The van der Waals surface area contributed by atoms with Crippen molar-refractivity contribution in [3.05, 3.63) is 60.4 Å². The summed E-state index contributed by atoms with van der Waals surface area (Å²) in [7, 11) is 0. The van der Waals surface area contributed by atoms with Gasteiger partial charge in [-0.15, -0.1) is 0 Å². The molecule has 0 radical (unpaired) electrons. The number of carbonyl (C=O) groups is 1. The van der Waals surface area contributed by atoms with Gasteiger partial charge in [0.1, 0.15) is 12.4 Å². The van der Waals surface area contributed by atoms with Crippen LogP contribution in [-0.4, -0.2) is 12.9 Å². The quantitative estimate of drug-likeness (QED) is 0.362. The molecule has 0 bridgehead atoms. The fraction of sp³-hybridized carbons (Fsp3) is 0.267. The molecule has 0 amide bonds. The second kappa shape index (κ2) is 9.40. The first-order valence-electron chi connectivity index (χ1n) is 5.61. The van der Waals surface area contributed by atoms with Crippen LogP contribution in [0.4, 0.5) is 0 Å². The highest BCUT2D eigenvalue weighted by molar-refractivity contribution is 5.52. The lowest BCUT2D eigenvalue weighted by molar-refractivity contribution is -0.110. The summed E-state index contributed by atoms with van der Waals surface area (Å²) in [4.78, 5) is 10.3. The summed E-state index contributed by atoms with van der Waals surface area (Å²) in [6.07, 6.45) is 10.8. The van der Waals surface area contributed by atoms with Crippen molar-refractivity contribution in [3.63, 3.8) is 0 Å². The van der Waals surface area contributed by atoms with E-state index in [1.807, 2.05) is 32.1 Å². The van der Waals surface area contributed by atoms with Crippen LogP contribution in [-0.2, 0) is 9.53 Å². The van der Waals surface area contributed by atoms with Crippen LogP contribution >= 0.6 is 0 Å². The van der Waals surface area contributed by atoms with E-state index in [-0.39, 0.29) is 6.61 Å². The molecule has 0 aromatic heterocycles. The maximum atomic E-state index is 10.3. The molecule has 0 saturated carbocycles. The number of aldehydes is 1. The molecule has 92 valence electrons. The van der Waals surface area contributed by atoms with Gasteiger partial charge in [-0.3, -0.25) is 4.79 Å². The molecule has 0 saturated heterocycles. The Morgan fingerprint density at radius 2 is 2.06 bits per heavy atom. The average Bonchev–Trinajstić information content (AvgIpc) is 2.35. The Morgan fingerprint density at radius 3 is 2.53 bits per heavy atom. The van der Waals surface area contributed by atoms with E-state index in [1.54, 1.807) is 12.2 Å². The molecule has 0 aliphatic carbocycles. The maximum absolute atomic E-state index is 10.3. The molecule has 0 aromatic rings. The van der Waals surface area contributed by atoms with Crippen LogP contribution in [0.1, 0.15) is 20.3 Å². The van der Waals surface area contributed by atoms with Gasteiger partial charge >= 0.3 is 0 Å². The number of rotatable bonds is 8. The Morgan fingerprint density at radius 1 is 1.35 bits per heavy atom. The van der Waals surface area contributed by atoms with Gasteiger partial charge in [0.2, 0.25) is 0 Å². The van der Waals surface area contributed by atoms with Crippen molar-refractivity contribution < 1.29 is 9.53 Å². The molecular weight excluding hydrogens is 212 g/mol. The molecule has 0 aliphatic heterocycles. The largest absolute Gasteiger partial charge is 0.486 e. The van der Waals surface area contributed by atoms with Gasteiger partial charge in [-0.25, -0.2) is 0 Å². The van der Waals surface area contributed by atoms with Gasteiger partial charge < -0.3 is 4.74 Å². The number of hydrogen-bond acceptors (Lipinski definition) is 2. The van der Waals surface area contributed by atoms with Crippen molar-refractivity contribution in [1.82, 2.24) is 0 Å². The molecule has 0 atom stereocenters. The van der Waals surface area contributed by atoms with Crippen LogP contribution in [0.2, 0.25) is 0 Å². The van der Waals surface area contributed by atoms with E-state index >= 15 is 0 Å². The minimum absolute atomic E-state index is 0.0271. The molecule has 0 rings (SSSR count). The predicted octanol–water partition coefficient (Wildman–Crippen LogP) is 3.74. The maximum Gasteiger partial charge on any atom is 0.157 e. The van der Waals surface area contributed by atoms with E-state index in [0.717, 1.165) is 17.6 Å². The zero-order valence-corrected chi connectivity index (χ0v) is 10.6. The summed E-state index contributed by atoms with van der Waals surface area (Å²) < 4.78 is 5.31. The monoisotopic (exact) mass is 232 g/mol. The van der Waals surface area contributed by atoms with Gasteiger partial charge in [0.15, 0.2) is 6.29 Å². The minimum atomic E-state index is 0.0271. The van der Waals surface area contributed by atoms with Gasteiger partial charge in [0, 0.05) is 5.57 Å². The average molecular weight is 232 g/mol. The van der Waals surface area contributed by atoms with Crippen molar-refractivity contribution in [3.8, 4) is 0 Å². The molecule has 0 unspecified atom stereocenters. The summed E-state index contributed by atoms with van der Waals surface area (Å²) in [6, 6.07) is 0. The van der Waals surface area contributed by atoms with Gasteiger partial charge in [0.25, 0.3) is 0 Å². The SMILES string of the molecule is C=C/C=C(/OCC=O)C(=C)/C(=C/C=C\C)CC. The molecule has 0 aromatic carbocycles. The summed E-state index contributed by atoms with van der Waals surface area (Å²) in [5.41, 5.74) is 1.86. The number of ether oxygens (including phenoxy) is 1. The Balaban J connectivity index is 4.98. The summed E-state index contributed by atoms with van der Waals surface area (Å²) in [5.74, 6) is 0.588. The molecule has 0 N–H and O–H groups in total. The molecule has 2 heteroatoms. The van der Waals surface area contributed by atoms with Crippen molar-refractivity contribution >= 4 is 6.29 Å². The first-order chi connectivity index (χ1) is 8.21. The highest BCUT2D eigenvalue weighted by Gasteiger charge is 2.07. The normalized spacial score (nSPS) is 12.6. The van der Waals surface area contributed by atoms with E-state index in [9.17, 15) is 4.79 Å². The van der Waals surface area contributed by atoms with Crippen molar-refractivity contribution in [2.24, 2.45) is 0 Å². The molecule has 0 heterocycles. The highest BCUT2D eigenvalue weighted by Crippen LogP contribution is 2.21. The Hall–Kier alpha value is -1.83. The molecular formula is C15H20O2.